The lowest BCUT2D eigenvalue weighted by atomic mass is 10.1. The average molecular weight is 445 g/mol. The third-order valence-corrected chi connectivity index (χ3v) is 6.60. The van der Waals surface area contributed by atoms with E-state index < -0.39 is 10.0 Å². The average Bonchev–Trinajstić information content (AvgIpc) is 3.19. The van der Waals surface area contributed by atoms with Gasteiger partial charge in [0, 0.05) is 11.8 Å². The van der Waals surface area contributed by atoms with E-state index in [1.54, 1.807) is 30.3 Å². The highest BCUT2D eigenvalue weighted by Crippen LogP contribution is 2.23. The zero-order valence-electron chi connectivity index (χ0n) is 18.0. The number of ether oxygens (including phenoxy) is 1. The fraction of sp³-hybridized carbons (Fsp3) is 0.115. The van der Waals surface area contributed by atoms with Gasteiger partial charge in [-0.05, 0) is 55.3 Å². The van der Waals surface area contributed by atoms with Crippen molar-refractivity contribution in [3.05, 3.63) is 113 Å². The molecule has 0 aliphatic carbocycles. The minimum Gasteiger partial charge on any atom is -0.488 e. The lowest BCUT2D eigenvalue weighted by Gasteiger charge is -2.09. The third-order valence-electron chi connectivity index (χ3n) is 5.06. The van der Waals surface area contributed by atoms with E-state index in [-0.39, 0.29) is 4.90 Å². The van der Waals surface area contributed by atoms with Crippen LogP contribution < -0.4 is 4.74 Å². The molecule has 32 heavy (non-hydrogen) atoms. The van der Waals surface area contributed by atoms with E-state index in [1.165, 1.54) is 6.20 Å². The first kappa shape index (κ1) is 21.6. The number of benzene rings is 3. The summed E-state index contributed by atoms with van der Waals surface area (Å²) in [4.78, 5) is 0.209. The summed E-state index contributed by atoms with van der Waals surface area (Å²) in [5, 5.41) is 4.32. The van der Waals surface area contributed by atoms with Crippen LogP contribution in [0, 0.1) is 13.8 Å². The van der Waals surface area contributed by atoms with Crippen molar-refractivity contribution in [2.24, 2.45) is 0 Å². The van der Waals surface area contributed by atoms with Crippen LogP contribution in [-0.2, 0) is 16.6 Å². The lowest BCUT2D eigenvalue weighted by Crippen LogP contribution is -2.13. The molecule has 5 nitrogen and oxygen atoms in total. The van der Waals surface area contributed by atoms with Gasteiger partial charge in [0.2, 0.25) is 0 Å². The van der Waals surface area contributed by atoms with Crippen molar-refractivity contribution in [3.63, 3.8) is 0 Å². The summed E-state index contributed by atoms with van der Waals surface area (Å²) in [7, 11) is -3.74. The highest BCUT2D eigenvalue weighted by Gasteiger charge is 2.19. The molecule has 3 aromatic carbocycles. The first-order valence-corrected chi connectivity index (χ1v) is 11.7. The summed E-state index contributed by atoms with van der Waals surface area (Å²) in [6.45, 7) is 4.22. The second kappa shape index (κ2) is 9.24. The van der Waals surface area contributed by atoms with Gasteiger partial charge in [0.25, 0.3) is 10.0 Å². The molecule has 0 N–H and O–H groups in total. The summed E-state index contributed by atoms with van der Waals surface area (Å²) >= 11 is 0. The third kappa shape index (κ3) is 4.81. The molecule has 0 aliphatic heterocycles. The van der Waals surface area contributed by atoms with Crippen LogP contribution >= 0.6 is 0 Å². The van der Waals surface area contributed by atoms with Crippen molar-refractivity contribution < 1.29 is 13.2 Å². The fourth-order valence-electron chi connectivity index (χ4n) is 3.21. The summed E-state index contributed by atoms with van der Waals surface area (Å²) in [6.07, 6.45) is 5.23. The molecule has 0 atom stereocenters. The van der Waals surface area contributed by atoms with Crippen LogP contribution in [0.25, 0.3) is 12.2 Å². The molecule has 1 heterocycles. The zero-order chi connectivity index (χ0) is 22.6. The van der Waals surface area contributed by atoms with E-state index in [0.29, 0.717) is 12.3 Å². The van der Waals surface area contributed by atoms with E-state index in [2.05, 4.69) is 5.10 Å². The van der Waals surface area contributed by atoms with Gasteiger partial charge in [-0.15, -0.1) is 0 Å². The molecule has 0 aliphatic rings. The SMILES string of the molecule is Cc1ccc(S(=O)(=O)n2cc(C)c(/C=C/c3ccccc3OCc3ccccc3)n2)cc1. The van der Waals surface area contributed by atoms with Gasteiger partial charge in [0.1, 0.15) is 12.4 Å². The number of hydrogen-bond donors (Lipinski definition) is 0. The van der Waals surface area contributed by atoms with Gasteiger partial charge in [-0.25, -0.2) is 0 Å². The second-order valence-electron chi connectivity index (χ2n) is 7.53. The van der Waals surface area contributed by atoms with Crippen molar-refractivity contribution in [2.45, 2.75) is 25.3 Å². The van der Waals surface area contributed by atoms with Crippen LogP contribution in [0.4, 0.5) is 0 Å². The first-order chi connectivity index (χ1) is 15.4. The van der Waals surface area contributed by atoms with Gasteiger partial charge in [0.05, 0.1) is 10.6 Å². The molecule has 0 spiro atoms. The van der Waals surface area contributed by atoms with Gasteiger partial charge in [-0.3, -0.25) is 0 Å². The molecule has 6 heteroatoms. The Balaban J connectivity index is 1.56. The Kier molecular flexibility index (Phi) is 6.23. The molecule has 0 fully saturated rings. The van der Waals surface area contributed by atoms with Crippen molar-refractivity contribution >= 4 is 22.2 Å². The molecule has 4 rings (SSSR count). The normalized spacial score (nSPS) is 11.7. The van der Waals surface area contributed by atoms with Crippen LogP contribution in [0.5, 0.6) is 5.75 Å². The maximum atomic E-state index is 12.9. The quantitative estimate of drug-likeness (QED) is 0.378. The van der Waals surface area contributed by atoms with Crippen LogP contribution in [0.1, 0.15) is 27.9 Å². The minimum atomic E-state index is -3.74. The van der Waals surface area contributed by atoms with E-state index >= 15 is 0 Å². The predicted octanol–water partition coefficient (Wildman–Crippen LogP) is 5.49. The second-order valence-corrected chi connectivity index (χ2v) is 9.33. The zero-order valence-corrected chi connectivity index (χ0v) is 18.8. The first-order valence-electron chi connectivity index (χ1n) is 10.3. The Bertz CT molecular complexity index is 1340. The van der Waals surface area contributed by atoms with Crippen LogP contribution in [0.15, 0.2) is 90.0 Å². The Morgan fingerprint density at radius 2 is 1.56 bits per heavy atom. The smallest absolute Gasteiger partial charge is 0.282 e. The fourth-order valence-corrected chi connectivity index (χ4v) is 4.39. The van der Waals surface area contributed by atoms with Crippen LogP contribution in [0.3, 0.4) is 0 Å². The molecule has 0 amide bonds. The molecule has 0 saturated carbocycles. The van der Waals surface area contributed by atoms with Gasteiger partial charge < -0.3 is 4.74 Å². The maximum Gasteiger partial charge on any atom is 0.282 e. The predicted molar refractivity (Wildman–Crippen MR) is 127 cm³/mol. The highest BCUT2D eigenvalue weighted by molar-refractivity contribution is 7.89. The summed E-state index contributed by atoms with van der Waals surface area (Å²) < 4.78 is 32.9. The summed E-state index contributed by atoms with van der Waals surface area (Å²) in [5.41, 5.74) is 4.32. The Hall–Kier alpha value is -3.64. The molecule has 162 valence electrons. The number of rotatable bonds is 7. The summed E-state index contributed by atoms with van der Waals surface area (Å²) in [5.74, 6) is 0.747. The standard InChI is InChI=1S/C26H24N2O3S/c1-20-12-15-24(16-13-20)32(29,30)28-18-21(2)25(27-28)17-14-23-10-6-7-11-26(23)31-19-22-8-4-3-5-9-22/h3-18H,19H2,1-2H3/b17-14+. The maximum absolute atomic E-state index is 12.9. The number of hydrogen-bond acceptors (Lipinski definition) is 4. The van der Waals surface area contributed by atoms with Gasteiger partial charge >= 0.3 is 0 Å². The number of nitrogens with zero attached hydrogens (tertiary/aromatic N) is 2. The number of aryl methyl sites for hydroxylation is 2. The van der Waals surface area contributed by atoms with Crippen molar-refractivity contribution in [1.82, 2.24) is 9.19 Å². The Morgan fingerprint density at radius 1 is 0.875 bits per heavy atom. The molecule has 0 radical (unpaired) electrons. The van der Waals surface area contributed by atoms with E-state index in [1.807, 2.05) is 74.5 Å². The Labute approximate surface area is 188 Å². The van der Waals surface area contributed by atoms with Crippen LogP contribution in [0.2, 0.25) is 0 Å². The molecule has 1 aromatic heterocycles. The van der Waals surface area contributed by atoms with Crippen LogP contribution in [-0.4, -0.2) is 17.6 Å². The molecular formula is C26H24N2O3S. The summed E-state index contributed by atoms with van der Waals surface area (Å²) in [6, 6.07) is 24.4. The topological polar surface area (TPSA) is 61.2 Å². The van der Waals surface area contributed by atoms with Crippen molar-refractivity contribution in [2.75, 3.05) is 0 Å². The molecule has 0 unspecified atom stereocenters. The number of para-hydroxylation sites is 1. The van der Waals surface area contributed by atoms with Gasteiger partial charge in [-0.2, -0.15) is 17.6 Å². The lowest BCUT2D eigenvalue weighted by molar-refractivity contribution is 0.305. The molecule has 4 aromatic rings. The van der Waals surface area contributed by atoms with E-state index in [4.69, 9.17) is 4.74 Å². The number of aromatic nitrogens is 2. The van der Waals surface area contributed by atoms with E-state index in [0.717, 1.165) is 32.1 Å². The largest absolute Gasteiger partial charge is 0.488 e. The van der Waals surface area contributed by atoms with Gasteiger partial charge in [-0.1, -0.05) is 66.2 Å². The Morgan fingerprint density at radius 3 is 2.31 bits per heavy atom. The highest BCUT2D eigenvalue weighted by atomic mass is 32.2. The van der Waals surface area contributed by atoms with Gasteiger partial charge in [0.15, 0.2) is 0 Å². The van der Waals surface area contributed by atoms with Crippen molar-refractivity contribution in [3.8, 4) is 5.75 Å². The van der Waals surface area contributed by atoms with E-state index in [9.17, 15) is 8.42 Å². The molecule has 0 bridgehead atoms. The van der Waals surface area contributed by atoms with Crippen molar-refractivity contribution in [1.29, 1.82) is 0 Å². The molecular weight excluding hydrogens is 420 g/mol. The molecule has 0 saturated heterocycles. The minimum absolute atomic E-state index is 0.209. The monoisotopic (exact) mass is 444 g/mol.